The van der Waals surface area contributed by atoms with Gasteiger partial charge >= 0.3 is 5.97 Å². The number of carbonyl (C=O) groups is 1. The lowest BCUT2D eigenvalue weighted by Gasteiger charge is -2.07. The summed E-state index contributed by atoms with van der Waals surface area (Å²) in [5, 5.41) is 9.01. The number of aromatic carboxylic acids is 1. The highest BCUT2D eigenvalue weighted by Crippen LogP contribution is 2.24. The molecule has 2 rings (SSSR count). The summed E-state index contributed by atoms with van der Waals surface area (Å²) in [5.41, 5.74) is -0.277. The Morgan fingerprint density at radius 1 is 1.56 bits per heavy atom. The van der Waals surface area contributed by atoms with E-state index in [1.165, 1.54) is 16.7 Å². The number of pyridine rings is 1. The van der Waals surface area contributed by atoms with E-state index in [-0.39, 0.29) is 23.6 Å². The van der Waals surface area contributed by atoms with Gasteiger partial charge in [0.05, 0.1) is 6.61 Å². The average molecular weight is 256 g/mol. The van der Waals surface area contributed by atoms with Crippen LogP contribution in [0.1, 0.15) is 29.4 Å². The highest BCUT2D eigenvalue weighted by Gasteiger charge is 2.17. The minimum Gasteiger partial charge on any atom is -0.493 e. The van der Waals surface area contributed by atoms with Crippen molar-refractivity contribution >= 4 is 11.6 Å². The molecule has 0 spiro atoms. The monoisotopic (exact) mass is 256 g/mol. The fourth-order valence-electron chi connectivity index (χ4n) is 1.58. The van der Waals surface area contributed by atoms with E-state index in [4.69, 9.17) is 9.84 Å². The van der Waals surface area contributed by atoms with Crippen molar-refractivity contribution in [2.75, 3.05) is 6.61 Å². The number of fused-ring (bicyclic) bond motifs is 1. The van der Waals surface area contributed by atoms with Crippen LogP contribution >= 0.6 is 0 Å². The summed E-state index contributed by atoms with van der Waals surface area (Å²) in [6, 6.07) is 1.33. The number of ether oxygens (including phenoxy) is 1. The summed E-state index contributed by atoms with van der Waals surface area (Å²) in [5.74, 6) is -1.07. The molecule has 96 valence electrons. The van der Waals surface area contributed by atoms with Gasteiger partial charge in [0.25, 0.3) is 6.43 Å². The molecule has 2 heterocycles. The number of imidazole rings is 1. The molecule has 2 aromatic rings. The number of halogens is 2. The smallest absolute Gasteiger partial charge is 0.341 e. The molecule has 1 N–H and O–H groups in total. The number of rotatable bonds is 4. The zero-order valence-corrected chi connectivity index (χ0v) is 9.43. The van der Waals surface area contributed by atoms with Crippen LogP contribution in [0.2, 0.25) is 0 Å². The molecule has 0 aliphatic rings. The van der Waals surface area contributed by atoms with Crippen LogP contribution in [0.5, 0.6) is 5.75 Å². The van der Waals surface area contributed by atoms with E-state index < -0.39 is 18.1 Å². The summed E-state index contributed by atoms with van der Waals surface area (Å²) >= 11 is 0. The number of hydrogen-bond donors (Lipinski definition) is 1. The van der Waals surface area contributed by atoms with E-state index in [0.717, 1.165) is 6.20 Å². The molecular weight excluding hydrogens is 246 g/mol. The molecule has 0 unspecified atom stereocenters. The van der Waals surface area contributed by atoms with Gasteiger partial charge in [0, 0.05) is 18.5 Å². The highest BCUT2D eigenvalue weighted by atomic mass is 19.3. The molecule has 0 fully saturated rings. The van der Waals surface area contributed by atoms with Crippen LogP contribution in [0.25, 0.3) is 5.65 Å². The zero-order valence-electron chi connectivity index (χ0n) is 9.43. The van der Waals surface area contributed by atoms with Crippen LogP contribution in [-0.2, 0) is 0 Å². The number of alkyl halides is 2. The standard InChI is InChI=1S/C11H10F2N2O3/c1-2-18-8-3-9-14-7(10(12)13)5-15(9)4-6(8)11(16)17/h3-5,10H,2H2,1H3,(H,16,17). The summed E-state index contributed by atoms with van der Waals surface area (Å²) in [7, 11) is 0. The molecule has 0 saturated carbocycles. The Balaban J connectivity index is 2.60. The first-order valence-electron chi connectivity index (χ1n) is 5.19. The lowest BCUT2D eigenvalue weighted by atomic mass is 10.2. The zero-order chi connectivity index (χ0) is 13.3. The van der Waals surface area contributed by atoms with Crippen LogP contribution in [0.15, 0.2) is 18.5 Å². The number of nitrogens with zero attached hydrogens (tertiary/aromatic N) is 2. The van der Waals surface area contributed by atoms with Crippen molar-refractivity contribution in [1.29, 1.82) is 0 Å². The number of carboxylic acids is 1. The summed E-state index contributed by atoms with van der Waals surface area (Å²) in [6.07, 6.45) is -0.391. The van der Waals surface area contributed by atoms with Crippen molar-refractivity contribution < 1.29 is 23.4 Å². The minimum atomic E-state index is -2.70. The first-order valence-corrected chi connectivity index (χ1v) is 5.19. The molecule has 0 aromatic carbocycles. The predicted octanol–water partition coefficient (Wildman–Crippen LogP) is 2.37. The summed E-state index contributed by atoms with van der Waals surface area (Å²) in [4.78, 5) is 14.7. The average Bonchev–Trinajstić information content (AvgIpc) is 2.71. The van der Waals surface area contributed by atoms with E-state index in [1.54, 1.807) is 6.92 Å². The van der Waals surface area contributed by atoms with E-state index in [2.05, 4.69) is 4.98 Å². The molecule has 0 amide bonds. The van der Waals surface area contributed by atoms with Crippen LogP contribution in [0.4, 0.5) is 8.78 Å². The number of carboxylic acid groups (broad SMARTS) is 1. The van der Waals surface area contributed by atoms with E-state index in [1.807, 2.05) is 0 Å². The maximum Gasteiger partial charge on any atom is 0.341 e. The van der Waals surface area contributed by atoms with Crippen molar-refractivity contribution in [2.24, 2.45) is 0 Å². The fraction of sp³-hybridized carbons (Fsp3) is 0.273. The molecular formula is C11H10F2N2O3. The Morgan fingerprint density at radius 3 is 2.83 bits per heavy atom. The number of aromatic nitrogens is 2. The van der Waals surface area contributed by atoms with Gasteiger partial charge in [0.2, 0.25) is 0 Å². The SMILES string of the molecule is CCOc1cc2nc(C(F)F)cn2cc1C(=O)O. The van der Waals surface area contributed by atoms with Crippen molar-refractivity contribution in [3.8, 4) is 5.75 Å². The third kappa shape index (κ3) is 2.11. The molecule has 5 nitrogen and oxygen atoms in total. The number of hydrogen-bond acceptors (Lipinski definition) is 3. The van der Waals surface area contributed by atoms with Crippen LogP contribution < -0.4 is 4.74 Å². The summed E-state index contributed by atoms with van der Waals surface area (Å²) in [6.45, 7) is 1.98. The largest absolute Gasteiger partial charge is 0.493 e. The molecule has 0 aliphatic carbocycles. The second kappa shape index (κ2) is 4.59. The second-order valence-corrected chi connectivity index (χ2v) is 3.52. The first kappa shape index (κ1) is 12.3. The van der Waals surface area contributed by atoms with E-state index in [9.17, 15) is 13.6 Å². The van der Waals surface area contributed by atoms with Crippen molar-refractivity contribution in [3.05, 3.63) is 29.7 Å². The van der Waals surface area contributed by atoms with Crippen molar-refractivity contribution in [1.82, 2.24) is 9.38 Å². The quantitative estimate of drug-likeness (QED) is 0.912. The van der Waals surface area contributed by atoms with Crippen molar-refractivity contribution in [2.45, 2.75) is 13.3 Å². The van der Waals surface area contributed by atoms with Gasteiger partial charge in [-0.15, -0.1) is 0 Å². The van der Waals surface area contributed by atoms with Crippen LogP contribution in [-0.4, -0.2) is 27.1 Å². The van der Waals surface area contributed by atoms with Gasteiger partial charge in [-0.05, 0) is 6.92 Å². The highest BCUT2D eigenvalue weighted by molar-refractivity contribution is 5.91. The van der Waals surface area contributed by atoms with Crippen LogP contribution in [0, 0.1) is 0 Å². The third-order valence-electron chi connectivity index (χ3n) is 2.33. The normalized spacial score (nSPS) is 11.1. The molecule has 0 radical (unpaired) electrons. The molecule has 0 atom stereocenters. The van der Waals surface area contributed by atoms with Gasteiger partial charge in [0.1, 0.15) is 22.7 Å². The summed E-state index contributed by atoms with van der Waals surface area (Å²) < 4.78 is 31.4. The fourth-order valence-corrected chi connectivity index (χ4v) is 1.58. The maximum atomic E-state index is 12.5. The molecule has 2 aromatic heterocycles. The Labute approximate surface area is 101 Å². The minimum absolute atomic E-state index is 0.0948. The van der Waals surface area contributed by atoms with Gasteiger partial charge in [-0.3, -0.25) is 0 Å². The molecule has 0 aliphatic heterocycles. The van der Waals surface area contributed by atoms with E-state index >= 15 is 0 Å². The molecule has 0 bridgehead atoms. The molecule has 7 heteroatoms. The molecule has 0 saturated heterocycles. The van der Waals surface area contributed by atoms with E-state index in [0.29, 0.717) is 0 Å². The topological polar surface area (TPSA) is 63.8 Å². The predicted molar refractivity (Wildman–Crippen MR) is 58.3 cm³/mol. The Kier molecular flexibility index (Phi) is 3.14. The lowest BCUT2D eigenvalue weighted by Crippen LogP contribution is -2.04. The molecule has 18 heavy (non-hydrogen) atoms. The second-order valence-electron chi connectivity index (χ2n) is 3.52. The Bertz CT molecular complexity index is 595. The van der Waals surface area contributed by atoms with Gasteiger partial charge in [-0.1, -0.05) is 0 Å². The van der Waals surface area contributed by atoms with Gasteiger partial charge in [-0.2, -0.15) is 0 Å². The Morgan fingerprint density at radius 2 is 2.28 bits per heavy atom. The maximum absolute atomic E-state index is 12.5. The first-order chi connectivity index (χ1) is 8.52. The van der Waals surface area contributed by atoms with Crippen LogP contribution in [0.3, 0.4) is 0 Å². The van der Waals surface area contributed by atoms with Crippen molar-refractivity contribution in [3.63, 3.8) is 0 Å². The lowest BCUT2D eigenvalue weighted by molar-refractivity contribution is 0.0692. The van der Waals surface area contributed by atoms with Gasteiger partial charge in [0.15, 0.2) is 0 Å². The van der Waals surface area contributed by atoms with Gasteiger partial charge in [-0.25, -0.2) is 18.6 Å². The third-order valence-corrected chi connectivity index (χ3v) is 2.33. The Hall–Kier alpha value is -2.18. The van der Waals surface area contributed by atoms with Gasteiger partial charge < -0.3 is 14.2 Å².